The summed E-state index contributed by atoms with van der Waals surface area (Å²) in [6.45, 7) is 3.13. The molecule has 1 aliphatic rings. The van der Waals surface area contributed by atoms with Crippen molar-refractivity contribution < 1.29 is 29.2 Å². The summed E-state index contributed by atoms with van der Waals surface area (Å²) in [7, 11) is 0. The zero-order valence-electron chi connectivity index (χ0n) is 14.9. The number of carbonyl (C=O) groups is 3. The molecule has 10 heteroatoms. The zero-order valence-corrected chi connectivity index (χ0v) is 14.9. The Balaban J connectivity index is 1.76. The van der Waals surface area contributed by atoms with E-state index in [0.717, 1.165) is 0 Å². The number of piperazine rings is 1. The number of non-ortho nitro benzene ring substituents is 1. The number of rotatable bonds is 7. The third-order valence-corrected chi connectivity index (χ3v) is 4.23. The molecule has 1 aromatic rings. The third-order valence-electron chi connectivity index (χ3n) is 4.23. The number of aryl methyl sites for hydroxylation is 1. The van der Waals surface area contributed by atoms with Crippen molar-refractivity contribution in [2.24, 2.45) is 0 Å². The highest BCUT2D eigenvalue weighted by Gasteiger charge is 2.25. The van der Waals surface area contributed by atoms with Crippen molar-refractivity contribution in [1.29, 1.82) is 0 Å². The fraction of sp³-hybridized carbons (Fsp3) is 0.471. The molecule has 2 amide bonds. The monoisotopic (exact) mass is 379 g/mol. The maximum absolute atomic E-state index is 12.2. The molecular formula is C17H21N3O7. The number of ether oxygens (including phenoxy) is 1. The quantitative estimate of drug-likeness (QED) is 0.421. The molecule has 0 spiro atoms. The van der Waals surface area contributed by atoms with Gasteiger partial charge in [-0.3, -0.25) is 24.5 Å². The summed E-state index contributed by atoms with van der Waals surface area (Å²) in [6, 6.07) is 4.26. The Kier molecular flexibility index (Phi) is 6.69. The second-order valence-corrected chi connectivity index (χ2v) is 6.14. The Morgan fingerprint density at radius 2 is 1.74 bits per heavy atom. The fourth-order valence-corrected chi connectivity index (χ4v) is 2.76. The average molecular weight is 379 g/mol. The van der Waals surface area contributed by atoms with Gasteiger partial charge in [0.15, 0.2) is 0 Å². The fourth-order valence-electron chi connectivity index (χ4n) is 2.76. The lowest BCUT2D eigenvalue weighted by atomic mass is 10.2. The Labute approximate surface area is 155 Å². The Hall–Kier alpha value is -3.17. The number of nitrogens with zero attached hydrogens (tertiary/aromatic N) is 3. The highest BCUT2D eigenvalue weighted by atomic mass is 16.6. The lowest BCUT2D eigenvalue weighted by Gasteiger charge is -2.34. The van der Waals surface area contributed by atoms with Gasteiger partial charge in [0, 0.05) is 38.3 Å². The maximum Gasteiger partial charge on any atom is 0.312 e. The first-order valence-electron chi connectivity index (χ1n) is 8.43. The van der Waals surface area contributed by atoms with Gasteiger partial charge in [0.1, 0.15) is 12.2 Å². The minimum atomic E-state index is -1.17. The summed E-state index contributed by atoms with van der Waals surface area (Å²) >= 11 is 0. The van der Waals surface area contributed by atoms with Crippen LogP contribution in [0.1, 0.15) is 18.4 Å². The van der Waals surface area contributed by atoms with Crippen LogP contribution in [0.15, 0.2) is 18.2 Å². The third kappa shape index (κ3) is 5.66. The van der Waals surface area contributed by atoms with Crippen LogP contribution in [-0.4, -0.2) is 70.4 Å². The Morgan fingerprint density at radius 3 is 2.26 bits per heavy atom. The second kappa shape index (κ2) is 8.97. The first kappa shape index (κ1) is 20.1. The smallest absolute Gasteiger partial charge is 0.312 e. The topological polar surface area (TPSA) is 130 Å². The molecule has 2 rings (SSSR count). The maximum atomic E-state index is 12.2. The number of hydrogen-bond acceptors (Lipinski definition) is 6. The van der Waals surface area contributed by atoms with Crippen LogP contribution >= 0.6 is 0 Å². The minimum absolute atomic E-state index is 0.0220. The molecule has 0 aliphatic carbocycles. The van der Waals surface area contributed by atoms with E-state index in [9.17, 15) is 24.5 Å². The van der Waals surface area contributed by atoms with Crippen LogP contribution in [0.3, 0.4) is 0 Å². The number of carboxylic acids is 1. The summed E-state index contributed by atoms with van der Waals surface area (Å²) in [5.41, 5.74) is 0.591. The normalized spacial score (nSPS) is 14.0. The molecule has 1 N–H and O–H groups in total. The van der Waals surface area contributed by atoms with Crippen LogP contribution in [-0.2, 0) is 14.4 Å². The predicted octanol–water partition coefficient (Wildman–Crippen LogP) is 0.818. The molecule has 0 radical (unpaired) electrons. The first-order chi connectivity index (χ1) is 12.8. The summed E-state index contributed by atoms with van der Waals surface area (Å²) in [6.07, 6.45) is -0.407. The van der Waals surface area contributed by atoms with E-state index in [4.69, 9.17) is 9.84 Å². The van der Waals surface area contributed by atoms with Gasteiger partial charge in [-0.15, -0.1) is 0 Å². The number of amides is 2. The average Bonchev–Trinajstić information content (AvgIpc) is 2.62. The van der Waals surface area contributed by atoms with Crippen molar-refractivity contribution in [3.8, 4) is 5.75 Å². The molecular weight excluding hydrogens is 358 g/mol. The summed E-state index contributed by atoms with van der Waals surface area (Å²) < 4.78 is 5.54. The van der Waals surface area contributed by atoms with E-state index in [1.54, 1.807) is 11.8 Å². The molecule has 10 nitrogen and oxygen atoms in total. The van der Waals surface area contributed by atoms with Crippen molar-refractivity contribution in [3.05, 3.63) is 33.9 Å². The predicted molar refractivity (Wildman–Crippen MR) is 93.4 cm³/mol. The van der Waals surface area contributed by atoms with E-state index in [0.29, 0.717) is 37.5 Å². The van der Waals surface area contributed by atoms with Gasteiger partial charge in [0.2, 0.25) is 11.8 Å². The van der Waals surface area contributed by atoms with Crippen molar-refractivity contribution in [2.45, 2.75) is 19.8 Å². The van der Waals surface area contributed by atoms with Crippen LogP contribution < -0.4 is 4.74 Å². The lowest BCUT2D eigenvalue weighted by Crippen LogP contribution is -2.51. The van der Waals surface area contributed by atoms with Gasteiger partial charge in [-0.2, -0.15) is 0 Å². The Morgan fingerprint density at radius 1 is 1.15 bits per heavy atom. The molecule has 27 heavy (non-hydrogen) atoms. The van der Waals surface area contributed by atoms with Crippen molar-refractivity contribution in [1.82, 2.24) is 9.80 Å². The van der Waals surface area contributed by atoms with E-state index in [1.165, 1.54) is 23.1 Å². The van der Waals surface area contributed by atoms with Crippen LogP contribution in [0.25, 0.3) is 0 Å². The largest absolute Gasteiger partial charge is 0.493 e. The minimum Gasteiger partial charge on any atom is -0.493 e. The molecule has 146 valence electrons. The van der Waals surface area contributed by atoms with Gasteiger partial charge in [-0.05, 0) is 18.6 Å². The van der Waals surface area contributed by atoms with Gasteiger partial charge in [-0.25, -0.2) is 0 Å². The van der Waals surface area contributed by atoms with Crippen LogP contribution in [0, 0.1) is 17.0 Å². The molecule has 1 saturated heterocycles. The molecule has 0 saturated carbocycles. The van der Waals surface area contributed by atoms with E-state index in [1.807, 2.05) is 0 Å². The zero-order chi connectivity index (χ0) is 20.0. The first-order valence-corrected chi connectivity index (χ1v) is 8.43. The molecule has 1 fully saturated rings. The van der Waals surface area contributed by atoms with E-state index < -0.39 is 23.2 Å². The summed E-state index contributed by atoms with van der Waals surface area (Å²) in [4.78, 5) is 47.8. The molecule has 0 unspecified atom stereocenters. The number of nitro benzene ring substituents is 1. The SMILES string of the molecule is Cc1cc([N+](=O)[O-])ccc1OCCC(=O)N1CCN(C(=O)CC(=O)O)CC1. The summed E-state index contributed by atoms with van der Waals surface area (Å²) in [5, 5.41) is 19.4. The molecule has 1 heterocycles. The van der Waals surface area contributed by atoms with Gasteiger partial charge >= 0.3 is 5.97 Å². The standard InChI is InChI=1S/C17H21N3O7/c1-12-10-13(20(25)26)2-3-14(12)27-9-4-15(21)18-5-7-19(8-6-18)16(22)11-17(23)24/h2-3,10H,4-9,11H2,1H3,(H,23,24). The van der Waals surface area contributed by atoms with Gasteiger partial charge in [0.05, 0.1) is 18.0 Å². The van der Waals surface area contributed by atoms with Gasteiger partial charge in [0.25, 0.3) is 5.69 Å². The second-order valence-electron chi connectivity index (χ2n) is 6.14. The highest BCUT2D eigenvalue weighted by Crippen LogP contribution is 2.23. The number of benzene rings is 1. The van der Waals surface area contributed by atoms with E-state index in [-0.39, 0.29) is 24.6 Å². The van der Waals surface area contributed by atoms with Crippen molar-refractivity contribution >= 4 is 23.5 Å². The van der Waals surface area contributed by atoms with Crippen LogP contribution in [0.4, 0.5) is 5.69 Å². The number of hydrogen-bond donors (Lipinski definition) is 1. The van der Waals surface area contributed by atoms with Crippen LogP contribution in [0.5, 0.6) is 5.75 Å². The van der Waals surface area contributed by atoms with Crippen LogP contribution in [0.2, 0.25) is 0 Å². The van der Waals surface area contributed by atoms with E-state index in [2.05, 4.69) is 0 Å². The molecule has 1 aromatic carbocycles. The number of carboxylic acid groups (broad SMARTS) is 1. The number of nitro groups is 1. The number of carbonyl (C=O) groups excluding carboxylic acids is 2. The van der Waals surface area contributed by atoms with E-state index >= 15 is 0 Å². The number of aliphatic carboxylic acids is 1. The van der Waals surface area contributed by atoms with Gasteiger partial charge in [-0.1, -0.05) is 0 Å². The molecule has 0 atom stereocenters. The molecule has 0 aromatic heterocycles. The lowest BCUT2D eigenvalue weighted by molar-refractivity contribution is -0.384. The van der Waals surface area contributed by atoms with Crippen molar-refractivity contribution in [3.63, 3.8) is 0 Å². The van der Waals surface area contributed by atoms with Crippen molar-refractivity contribution in [2.75, 3.05) is 32.8 Å². The molecule has 0 bridgehead atoms. The summed E-state index contributed by atoms with van der Waals surface area (Å²) in [5.74, 6) is -1.26. The van der Waals surface area contributed by atoms with Gasteiger partial charge < -0.3 is 19.6 Å². The molecule has 1 aliphatic heterocycles. The highest BCUT2D eigenvalue weighted by molar-refractivity contribution is 5.93. The Bertz CT molecular complexity index is 742.